The monoisotopic (exact) mass is 262 g/mol. The van der Waals surface area contributed by atoms with Crippen LogP contribution in [0.25, 0.3) is 0 Å². The van der Waals surface area contributed by atoms with Crippen molar-refractivity contribution in [3.05, 3.63) is 35.6 Å². The number of benzene rings is 1. The summed E-state index contributed by atoms with van der Waals surface area (Å²) in [6.45, 7) is 3.06. The Bertz CT molecular complexity index is 452. The number of amides is 1. The molecule has 19 heavy (non-hydrogen) atoms. The zero-order valence-corrected chi connectivity index (χ0v) is 11.0. The van der Waals surface area contributed by atoms with Crippen LogP contribution in [-0.4, -0.2) is 41.4 Å². The first-order valence-electron chi connectivity index (χ1n) is 6.98. The average Bonchev–Trinajstić information content (AvgIpc) is 3.12. The summed E-state index contributed by atoms with van der Waals surface area (Å²) >= 11 is 0. The predicted molar refractivity (Wildman–Crippen MR) is 71.0 cm³/mol. The fourth-order valence-corrected chi connectivity index (χ4v) is 2.42. The Balaban J connectivity index is 1.60. The summed E-state index contributed by atoms with van der Waals surface area (Å²) in [5.41, 5.74) is 1.07. The van der Waals surface area contributed by atoms with Gasteiger partial charge in [0.2, 0.25) is 5.91 Å². The van der Waals surface area contributed by atoms with Gasteiger partial charge in [0, 0.05) is 25.7 Å². The maximum atomic E-state index is 12.9. The molecule has 0 bridgehead atoms. The van der Waals surface area contributed by atoms with Crippen LogP contribution in [0, 0.1) is 5.82 Å². The van der Waals surface area contributed by atoms with Crippen molar-refractivity contribution < 1.29 is 9.18 Å². The van der Waals surface area contributed by atoms with E-state index in [1.54, 1.807) is 12.1 Å². The molecule has 1 aromatic carbocycles. The van der Waals surface area contributed by atoms with Crippen LogP contribution < -0.4 is 0 Å². The van der Waals surface area contributed by atoms with Crippen molar-refractivity contribution in [1.29, 1.82) is 0 Å². The lowest BCUT2D eigenvalue weighted by Crippen LogP contribution is -2.47. The quantitative estimate of drug-likeness (QED) is 0.810. The zero-order chi connectivity index (χ0) is 13.2. The molecule has 1 aliphatic carbocycles. The van der Waals surface area contributed by atoms with Crippen molar-refractivity contribution in [3.8, 4) is 0 Å². The van der Waals surface area contributed by atoms with E-state index in [1.165, 1.54) is 25.0 Å². The van der Waals surface area contributed by atoms with E-state index < -0.39 is 0 Å². The summed E-state index contributed by atoms with van der Waals surface area (Å²) in [5.74, 6) is 0.0265. The van der Waals surface area contributed by atoms with Gasteiger partial charge in [-0.15, -0.1) is 0 Å². The van der Waals surface area contributed by atoms with E-state index in [2.05, 4.69) is 4.90 Å². The fraction of sp³-hybridized carbons (Fsp3) is 0.533. The van der Waals surface area contributed by atoms with E-state index in [4.69, 9.17) is 0 Å². The first kappa shape index (κ1) is 12.6. The van der Waals surface area contributed by atoms with Gasteiger partial charge in [0.15, 0.2) is 0 Å². The van der Waals surface area contributed by atoms with E-state index in [1.807, 2.05) is 4.90 Å². The summed E-state index contributed by atoms with van der Waals surface area (Å²) < 4.78 is 12.9. The third-order valence-electron chi connectivity index (χ3n) is 3.91. The third-order valence-corrected chi connectivity index (χ3v) is 3.91. The molecule has 2 aliphatic rings. The lowest BCUT2D eigenvalue weighted by atomic mass is 10.2. The third kappa shape index (κ3) is 3.13. The second kappa shape index (κ2) is 5.29. The molecule has 1 aliphatic heterocycles. The molecule has 0 spiro atoms. The van der Waals surface area contributed by atoms with E-state index >= 15 is 0 Å². The highest BCUT2D eigenvalue weighted by Gasteiger charge is 2.32. The van der Waals surface area contributed by atoms with Crippen LogP contribution in [0.5, 0.6) is 0 Å². The Morgan fingerprint density at radius 3 is 2.47 bits per heavy atom. The Labute approximate surface area is 113 Å². The highest BCUT2D eigenvalue weighted by Crippen LogP contribution is 2.28. The van der Waals surface area contributed by atoms with Crippen LogP contribution in [0.4, 0.5) is 4.39 Å². The average molecular weight is 262 g/mol. The fourth-order valence-electron chi connectivity index (χ4n) is 2.42. The molecule has 0 aromatic heterocycles. The van der Waals surface area contributed by atoms with Gasteiger partial charge in [-0.2, -0.15) is 0 Å². The van der Waals surface area contributed by atoms with Crippen LogP contribution in [0.1, 0.15) is 24.8 Å². The van der Waals surface area contributed by atoms with Gasteiger partial charge in [0.05, 0.1) is 6.54 Å². The van der Waals surface area contributed by atoms with E-state index in [-0.39, 0.29) is 11.7 Å². The van der Waals surface area contributed by atoms with Gasteiger partial charge in [0.1, 0.15) is 5.82 Å². The zero-order valence-electron chi connectivity index (χ0n) is 11.0. The number of nitrogens with zero attached hydrogens (tertiary/aromatic N) is 2. The van der Waals surface area contributed by atoms with Crippen molar-refractivity contribution in [1.82, 2.24) is 9.80 Å². The van der Waals surface area contributed by atoms with Gasteiger partial charge in [-0.05, 0) is 37.0 Å². The molecule has 0 radical (unpaired) electrons. The molecular formula is C15H19FN2O. The summed E-state index contributed by atoms with van der Waals surface area (Å²) in [7, 11) is 0. The molecule has 4 heteroatoms. The Morgan fingerprint density at radius 2 is 1.95 bits per heavy atom. The summed E-state index contributed by atoms with van der Waals surface area (Å²) in [4.78, 5) is 16.2. The molecule has 1 saturated carbocycles. The van der Waals surface area contributed by atoms with Crippen molar-refractivity contribution in [2.75, 3.05) is 19.6 Å². The van der Waals surface area contributed by atoms with Crippen LogP contribution >= 0.6 is 0 Å². The van der Waals surface area contributed by atoms with Gasteiger partial charge in [-0.1, -0.05) is 12.1 Å². The normalized spacial score (nSPS) is 18.5. The molecule has 3 nitrogen and oxygen atoms in total. The smallest absolute Gasteiger partial charge is 0.236 e. The first-order chi connectivity index (χ1) is 9.22. The van der Waals surface area contributed by atoms with Gasteiger partial charge >= 0.3 is 0 Å². The lowest BCUT2D eigenvalue weighted by molar-refractivity contribution is -0.136. The topological polar surface area (TPSA) is 23.6 Å². The van der Waals surface area contributed by atoms with Crippen molar-refractivity contribution >= 4 is 5.91 Å². The molecule has 2 fully saturated rings. The Kier molecular flexibility index (Phi) is 3.51. The van der Waals surface area contributed by atoms with E-state index in [0.29, 0.717) is 12.6 Å². The Morgan fingerprint density at radius 1 is 1.26 bits per heavy atom. The van der Waals surface area contributed by atoms with Gasteiger partial charge in [0.25, 0.3) is 0 Å². The number of likely N-dealkylation sites (tertiary alicyclic amines) is 1. The summed E-state index contributed by atoms with van der Waals surface area (Å²) in [6, 6.07) is 7.11. The molecular weight excluding hydrogens is 243 g/mol. The standard InChI is InChI=1S/C15H19FN2O/c16-13-4-2-12(3-5-13)10-18(14-6-7-14)11-15(19)17-8-1-9-17/h2-5,14H,1,6-11H2. The minimum Gasteiger partial charge on any atom is -0.341 e. The van der Waals surface area contributed by atoms with Gasteiger partial charge in [-0.3, -0.25) is 9.69 Å². The second-order valence-electron chi connectivity index (χ2n) is 5.50. The molecule has 102 valence electrons. The minimum absolute atomic E-state index is 0.210. The van der Waals surface area contributed by atoms with Gasteiger partial charge < -0.3 is 4.90 Å². The number of carbonyl (C=O) groups is 1. The maximum Gasteiger partial charge on any atom is 0.236 e. The van der Waals surface area contributed by atoms with Crippen molar-refractivity contribution in [3.63, 3.8) is 0 Å². The minimum atomic E-state index is -0.210. The summed E-state index contributed by atoms with van der Waals surface area (Å²) in [5, 5.41) is 0. The van der Waals surface area contributed by atoms with E-state index in [0.717, 1.165) is 31.6 Å². The lowest BCUT2D eigenvalue weighted by Gasteiger charge is -2.33. The molecule has 1 saturated heterocycles. The highest BCUT2D eigenvalue weighted by molar-refractivity contribution is 5.79. The van der Waals surface area contributed by atoms with Crippen molar-refractivity contribution in [2.24, 2.45) is 0 Å². The van der Waals surface area contributed by atoms with Crippen LogP contribution in [0.15, 0.2) is 24.3 Å². The Hall–Kier alpha value is -1.42. The second-order valence-corrected chi connectivity index (χ2v) is 5.50. The number of hydrogen-bond donors (Lipinski definition) is 0. The molecule has 0 atom stereocenters. The molecule has 0 N–H and O–H groups in total. The number of halogens is 1. The number of carbonyl (C=O) groups excluding carboxylic acids is 1. The number of rotatable bonds is 5. The first-order valence-corrected chi connectivity index (χ1v) is 6.98. The molecule has 1 aromatic rings. The molecule has 1 amide bonds. The van der Waals surface area contributed by atoms with Crippen LogP contribution in [0.3, 0.4) is 0 Å². The van der Waals surface area contributed by atoms with Crippen LogP contribution in [-0.2, 0) is 11.3 Å². The molecule has 3 rings (SSSR count). The highest BCUT2D eigenvalue weighted by atomic mass is 19.1. The van der Waals surface area contributed by atoms with Gasteiger partial charge in [-0.25, -0.2) is 4.39 Å². The maximum absolute atomic E-state index is 12.9. The molecule has 0 unspecified atom stereocenters. The summed E-state index contributed by atoms with van der Waals surface area (Å²) in [6.07, 6.45) is 3.48. The predicted octanol–water partition coefficient (Wildman–Crippen LogP) is 2.02. The van der Waals surface area contributed by atoms with Crippen LogP contribution in [0.2, 0.25) is 0 Å². The largest absolute Gasteiger partial charge is 0.341 e. The number of hydrogen-bond acceptors (Lipinski definition) is 2. The SMILES string of the molecule is O=C(CN(Cc1ccc(F)cc1)C1CC1)N1CCC1. The molecule has 1 heterocycles. The van der Waals surface area contributed by atoms with Crippen molar-refractivity contribution in [2.45, 2.75) is 31.8 Å². The van der Waals surface area contributed by atoms with E-state index in [9.17, 15) is 9.18 Å².